The van der Waals surface area contributed by atoms with Crippen molar-refractivity contribution in [1.29, 1.82) is 5.26 Å². The quantitative estimate of drug-likeness (QED) is 0.234. The fraction of sp³-hybridized carbons (Fsp3) is 0.238. The van der Waals surface area contributed by atoms with Crippen LogP contribution in [0.3, 0.4) is 0 Å². The highest BCUT2D eigenvalue weighted by Crippen LogP contribution is 2.37. The van der Waals surface area contributed by atoms with E-state index < -0.39 is 10.8 Å². The van der Waals surface area contributed by atoms with E-state index in [1.54, 1.807) is 12.1 Å². The molecule has 8 nitrogen and oxygen atoms in total. The van der Waals surface area contributed by atoms with Gasteiger partial charge < -0.3 is 14.8 Å². The Labute approximate surface area is 182 Å². The second kappa shape index (κ2) is 11.0. The highest BCUT2D eigenvalue weighted by molar-refractivity contribution is 9.10. The fourth-order valence-corrected chi connectivity index (χ4v) is 3.06. The molecule has 0 atom stereocenters. The summed E-state index contributed by atoms with van der Waals surface area (Å²) in [7, 11) is 0. The summed E-state index contributed by atoms with van der Waals surface area (Å²) in [6.45, 7) is 4.77. The maximum Gasteiger partial charge on any atom is 0.271 e. The summed E-state index contributed by atoms with van der Waals surface area (Å²) in [6.07, 6.45) is 2.24. The monoisotopic (exact) mass is 473 g/mol. The molecule has 0 heterocycles. The molecule has 0 spiro atoms. The minimum absolute atomic E-state index is 0.164. The van der Waals surface area contributed by atoms with Gasteiger partial charge in [0.15, 0.2) is 11.5 Å². The van der Waals surface area contributed by atoms with Gasteiger partial charge in [0.05, 0.1) is 22.6 Å². The summed E-state index contributed by atoms with van der Waals surface area (Å²) in [6, 6.07) is 10.7. The molecule has 0 aliphatic heterocycles. The third-order valence-corrected chi connectivity index (χ3v) is 4.36. The number of amides is 1. The van der Waals surface area contributed by atoms with Gasteiger partial charge in [-0.25, -0.2) is 0 Å². The number of ether oxygens (including phenoxy) is 2. The number of nitro benzene ring substituents is 1. The van der Waals surface area contributed by atoms with E-state index in [0.717, 1.165) is 6.42 Å². The van der Waals surface area contributed by atoms with Gasteiger partial charge in [0.2, 0.25) is 0 Å². The molecule has 0 saturated carbocycles. The van der Waals surface area contributed by atoms with Crippen LogP contribution in [0.2, 0.25) is 0 Å². The minimum Gasteiger partial charge on any atom is -0.490 e. The van der Waals surface area contributed by atoms with E-state index in [1.807, 2.05) is 19.9 Å². The SMILES string of the molecule is CCCOc1c(Br)cc(/C=C(/C#N)C(=O)Nc2cccc([N+](=O)[O-])c2)cc1OCC. The van der Waals surface area contributed by atoms with E-state index >= 15 is 0 Å². The molecule has 2 aromatic rings. The molecule has 0 aliphatic rings. The molecule has 0 unspecified atom stereocenters. The van der Waals surface area contributed by atoms with E-state index in [9.17, 15) is 20.2 Å². The zero-order valence-electron chi connectivity index (χ0n) is 16.5. The Morgan fingerprint density at radius 2 is 2.07 bits per heavy atom. The average Bonchev–Trinajstić information content (AvgIpc) is 2.71. The Balaban J connectivity index is 2.32. The molecule has 0 fully saturated rings. The molecule has 0 bridgehead atoms. The Morgan fingerprint density at radius 1 is 1.30 bits per heavy atom. The van der Waals surface area contributed by atoms with Crippen LogP contribution in [-0.4, -0.2) is 24.0 Å². The van der Waals surface area contributed by atoms with Gasteiger partial charge in [0.1, 0.15) is 11.6 Å². The lowest BCUT2D eigenvalue weighted by Gasteiger charge is -2.14. The van der Waals surface area contributed by atoms with Crippen LogP contribution < -0.4 is 14.8 Å². The van der Waals surface area contributed by atoms with E-state index in [1.165, 1.54) is 30.3 Å². The summed E-state index contributed by atoms with van der Waals surface area (Å²) in [5.41, 5.74) is 0.441. The Kier molecular flexibility index (Phi) is 8.38. The van der Waals surface area contributed by atoms with E-state index in [4.69, 9.17) is 9.47 Å². The molecular formula is C21H20BrN3O5. The van der Waals surface area contributed by atoms with E-state index in [2.05, 4.69) is 21.2 Å². The Morgan fingerprint density at radius 3 is 2.70 bits per heavy atom. The molecule has 156 valence electrons. The summed E-state index contributed by atoms with van der Waals surface area (Å²) >= 11 is 3.44. The molecule has 0 radical (unpaired) electrons. The third kappa shape index (κ3) is 6.06. The molecule has 2 aromatic carbocycles. The predicted octanol–water partition coefficient (Wildman–Crippen LogP) is 5.09. The number of nitro groups is 1. The highest BCUT2D eigenvalue weighted by atomic mass is 79.9. The maximum absolute atomic E-state index is 12.5. The number of carbonyl (C=O) groups is 1. The lowest BCUT2D eigenvalue weighted by Crippen LogP contribution is -2.13. The average molecular weight is 474 g/mol. The number of anilines is 1. The first-order valence-electron chi connectivity index (χ1n) is 9.16. The summed E-state index contributed by atoms with van der Waals surface area (Å²) < 4.78 is 12.0. The molecule has 1 amide bonds. The van der Waals surface area contributed by atoms with Crippen LogP contribution in [-0.2, 0) is 4.79 Å². The minimum atomic E-state index is -0.682. The zero-order chi connectivity index (χ0) is 22.1. The highest BCUT2D eigenvalue weighted by Gasteiger charge is 2.15. The van der Waals surface area contributed by atoms with Gasteiger partial charge >= 0.3 is 0 Å². The number of nitriles is 1. The number of halogens is 1. The van der Waals surface area contributed by atoms with Crippen molar-refractivity contribution in [2.24, 2.45) is 0 Å². The van der Waals surface area contributed by atoms with Crippen molar-refractivity contribution < 1.29 is 19.2 Å². The molecule has 0 saturated heterocycles. The van der Waals surface area contributed by atoms with Gasteiger partial charge in [-0.2, -0.15) is 5.26 Å². The summed E-state index contributed by atoms with van der Waals surface area (Å²) in [4.78, 5) is 22.8. The number of benzene rings is 2. The number of nitrogens with one attached hydrogen (secondary N) is 1. The van der Waals surface area contributed by atoms with Gasteiger partial charge in [0, 0.05) is 17.8 Å². The fourth-order valence-electron chi connectivity index (χ4n) is 2.49. The smallest absolute Gasteiger partial charge is 0.271 e. The molecule has 2 rings (SSSR count). The van der Waals surface area contributed by atoms with Crippen LogP contribution in [0.25, 0.3) is 6.08 Å². The number of non-ortho nitro benzene ring substituents is 1. The van der Waals surface area contributed by atoms with Gasteiger partial charge in [-0.15, -0.1) is 0 Å². The van der Waals surface area contributed by atoms with Gasteiger partial charge in [-0.1, -0.05) is 13.0 Å². The molecule has 30 heavy (non-hydrogen) atoms. The van der Waals surface area contributed by atoms with Crippen molar-refractivity contribution in [1.82, 2.24) is 0 Å². The van der Waals surface area contributed by atoms with Crippen LogP contribution in [0, 0.1) is 21.4 Å². The summed E-state index contributed by atoms with van der Waals surface area (Å²) in [5, 5.41) is 22.8. The first kappa shape index (κ1) is 22.9. The molecule has 9 heteroatoms. The van der Waals surface area contributed by atoms with E-state index in [0.29, 0.717) is 34.7 Å². The van der Waals surface area contributed by atoms with Crippen LogP contribution >= 0.6 is 15.9 Å². The van der Waals surface area contributed by atoms with Crippen LogP contribution in [0.5, 0.6) is 11.5 Å². The summed E-state index contributed by atoms with van der Waals surface area (Å²) in [5.74, 6) is 0.358. The van der Waals surface area contributed by atoms with E-state index in [-0.39, 0.29) is 16.9 Å². The van der Waals surface area contributed by atoms with Crippen molar-refractivity contribution in [2.45, 2.75) is 20.3 Å². The maximum atomic E-state index is 12.5. The topological polar surface area (TPSA) is 114 Å². The van der Waals surface area contributed by atoms with Gasteiger partial charge in [-0.05, 0) is 59.1 Å². The van der Waals surface area contributed by atoms with Crippen LogP contribution in [0.1, 0.15) is 25.8 Å². The largest absolute Gasteiger partial charge is 0.490 e. The van der Waals surface area contributed by atoms with Crippen molar-refractivity contribution in [2.75, 3.05) is 18.5 Å². The number of hydrogen-bond donors (Lipinski definition) is 1. The van der Waals surface area contributed by atoms with Crippen LogP contribution in [0.15, 0.2) is 46.4 Å². The normalized spacial score (nSPS) is 10.8. The zero-order valence-corrected chi connectivity index (χ0v) is 18.1. The van der Waals surface area contributed by atoms with Gasteiger partial charge in [0.25, 0.3) is 11.6 Å². The second-order valence-corrected chi connectivity index (χ2v) is 6.90. The first-order chi connectivity index (χ1) is 14.4. The van der Waals surface area contributed by atoms with Crippen molar-refractivity contribution >= 4 is 39.3 Å². The number of carbonyl (C=O) groups excluding carboxylic acids is 1. The lowest BCUT2D eigenvalue weighted by molar-refractivity contribution is -0.384. The molecular weight excluding hydrogens is 454 g/mol. The van der Waals surface area contributed by atoms with Gasteiger partial charge in [-0.3, -0.25) is 14.9 Å². The number of nitrogens with zero attached hydrogens (tertiary/aromatic N) is 2. The molecule has 0 aromatic heterocycles. The standard InChI is InChI=1S/C21H20BrN3O5/c1-3-8-30-20-18(22)10-14(11-19(20)29-4-2)9-15(13-23)21(26)24-16-6-5-7-17(12-16)25(27)28/h5-7,9-12H,3-4,8H2,1-2H3,(H,24,26)/b15-9-. The molecule has 0 aliphatic carbocycles. The Bertz CT molecular complexity index is 1010. The van der Waals surface area contributed by atoms with Crippen LogP contribution in [0.4, 0.5) is 11.4 Å². The first-order valence-corrected chi connectivity index (χ1v) is 9.95. The second-order valence-electron chi connectivity index (χ2n) is 6.04. The van der Waals surface area contributed by atoms with Crippen molar-refractivity contribution in [3.8, 4) is 17.6 Å². The lowest BCUT2D eigenvalue weighted by atomic mass is 10.1. The third-order valence-electron chi connectivity index (χ3n) is 3.77. The number of rotatable bonds is 9. The van der Waals surface area contributed by atoms with Crippen molar-refractivity contribution in [3.63, 3.8) is 0 Å². The predicted molar refractivity (Wildman–Crippen MR) is 116 cm³/mol. The Hall–Kier alpha value is -3.38. The van der Waals surface area contributed by atoms with Crippen molar-refractivity contribution in [3.05, 3.63) is 62.1 Å². The molecule has 1 N–H and O–H groups in total. The number of hydrogen-bond acceptors (Lipinski definition) is 6.